The zero-order valence-corrected chi connectivity index (χ0v) is 70.8. The summed E-state index contributed by atoms with van der Waals surface area (Å²) in [5.41, 5.74) is 1.41. The van der Waals surface area contributed by atoms with Gasteiger partial charge in [-0.25, -0.2) is 0 Å². The summed E-state index contributed by atoms with van der Waals surface area (Å²) >= 11 is 0. The van der Waals surface area contributed by atoms with Crippen molar-refractivity contribution in [3.05, 3.63) is 59.2 Å². The Bertz CT molecular complexity index is 2760. The maximum atomic E-state index is 13.9. The van der Waals surface area contributed by atoms with Gasteiger partial charge in [-0.15, -0.1) is 0 Å². The number of carboxylic acids is 4. The van der Waals surface area contributed by atoms with Crippen molar-refractivity contribution in [2.24, 2.45) is 0 Å². The molecule has 0 aromatic heterocycles. The molecule has 3 rings (SSSR count). The molecule has 3 aromatic rings. The average molecular weight is 1830 g/mol. The number of aliphatic carboxylic acids is 4. The van der Waals surface area contributed by atoms with E-state index in [1.165, 1.54) is 9.80 Å². The van der Waals surface area contributed by atoms with Gasteiger partial charge in [0, 0.05) is 74.9 Å². The molecular weight excluding hydrogens is 1700 g/mol. The Labute approximate surface area is 717 Å². The fourth-order valence-corrected chi connectivity index (χ4v) is 9.81. The standard InChI is InChI=1S/C77H125N3O36.Gd/c1-90-11-17-96-23-29-102-35-41-108-67-49-63(50-68(109-42-36-103-30-24-97-18-12-91-2)76(67)112-45-39-106-33-27-100-21-15-94-5)59-114-65-47-62(61-116-75(89)58-80(57-74(87)88)10-8-78(54-71(81)82)7-9-79(55-72(83)84)56-73(85)86)48-66(53-65)115-60-64-51-69(110-43-37-104-31-25-98-19-13-92-3)77(113-46-40-107-34-28-101-22-16-95-6)70(52-64)111-44-38-105-32-26-99-20-14-93-4;/h47-53H,7-46,54-61H2,1-6H3,(H,81,82)(H,83,84)(H,85,86)(H,87,88);/q;+2. The van der Waals surface area contributed by atoms with E-state index in [4.69, 9.17) is 128 Å². The van der Waals surface area contributed by atoms with Crippen molar-refractivity contribution >= 4 is 29.8 Å². The number of nitrogens with zero attached hydrogens (tertiary/aromatic N) is 3. The molecule has 0 fully saturated rings. The van der Waals surface area contributed by atoms with Crippen LogP contribution in [0.2, 0.25) is 0 Å². The Hall–Kier alpha value is -6.11. The van der Waals surface area contributed by atoms with E-state index >= 15 is 0 Å². The fourth-order valence-electron chi connectivity index (χ4n) is 9.81. The van der Waals surface area contributed by atoms with E-state index in [1.807, 2.05) is 0 Å². The van der Waals surface area contributed by atoms with Crippen molar-refractivity contribution in [1.82, 2.24) is 14.7 Å². The first-order valence-electron chi connectivity index (χ1n) is 38.2. The molecule has 0 radical (unpaired) electrons. The number of hydrogen-bond donors (Lipinski definition) is 4. The number of carboxylic acid groups (broad SMARTS) is 4. The van der Waals surface area contributed by atoms with Gasteiger partial charge in [0.15, 0.2) is 23.0 Å². The summed E-state index contributed by atoms with van der Waals surface area (Å²) in [5, 5.41) is 38.5. The van der Waals surface area contributed by atoms with Gasteiger partial charge in [-0.1, -0.05) is 0 Å². The predicted octanol–water partition coefficient (Wildman–Crippen LogP) is 2.48. The third-order valence-corrected chi connectivity index (χ3v) is 15.3. The SMILES string of the molecule is COCCOCCOCCOc1cc(COc2cc(COC(=O)CN(CCN(CCN(CC(=O)O)CC(=O)O)CC(=O)O)CC(=O)O)cc(OCc3cc(OCCOCCOCCOC)c(OCCOCCOCCOC)c(OCCOCCOCCOC)c3)c2)cc(OCCOCCOCCOC)c1OCCOCCOCCOC.[Gd+2]. The third kappa shape index (κ3) is 57.7. The molecular formula is C77H125GdN3O36+2. The average Bonchev–Trinajstić information content (AvgIpc) is 0.821. The summed E-state index contributed by atoms with van der Waals surface area (Å²) in [6.45, 7) is 5.84. The summed E-state index contributed by atoms with van der Waals surface area (Å²) in [5.74, 6) is -4.02. The normalized spacial score (nSPS) is 11.3. The second-order valence-corrected chi connectivity index (χ2v) is 24.6. The van der Waals surface area contributed by atoms with Gasteiger partial charge in [0.1, 0.15) is 71.0 Å². The van der Waals surface area contributed by atoms with Crippen molar-refractivity contribution < 1.29 is 212 Å². The number of rotatable bonds is 84. The zero-order valence-electron chi connectivity index (χ0n) is 68.5. The summed E-state index contributed by atoms with van der Waals surface area (Å²) in [6, 6.07) is 11.8. The van der Waals surface area contributed by atoms with Gasteiger partial charge >= 0.3 is 69.8 Å². The van der Waals surface area contributed by atoms with Crippen molar-refractivity contribution in [2.45, 2.75) is 19.8 Å². The predicted molar refractivity (Wildman–Crippen MR) is 412 cm³/mol. The van der Waals surface area contributed by atoms with Crippen molar-refractivity contribution in [1.29, 1.82) is 0 Å². The zero-order chi connectivity index (χ0) is 84.0. The minimum atomic E-state index is -1.31. The van der Waals surface area contributed by atoms with Gasteiger partial charge < -0.3 is 148 Å². The van der Waals surface area contributed by atoms with Crippen LogP contribution in [0.4, 0.5) is 0 Å². The molecule has 0 aliphatic carbocycles. The Morgan fingerprint density at radius 2 is 0.462 bits per heavy atom. The van der Waals surface area contributed by atoms with Crippen molar-refractivity contribution in [3.63, 3.8) is 0 Å². The molecule has 40 heteroatoms. The molecule has 0 amide bonds. The van der Waals surface area contributed by atoms with E-state index in [9.17, 15) is 44.4 Å². The van der Waals surface area contributed by atoms with Gasteiger partial charge in [0.2, 0.25) is 11.5 Å². The molecule has 0 bridgehead atoms. The monoisotopic (exact) mass is 1830 g/mol. The minimum Gasteiger partial charge on any atom is -0.489 e. The van der Waals surface area contributed by atoms with Crippen LogP contribution < -0.4 is 37.9 Å². The van der Waals surface area contributed by atoms with Gasteiger partial charge in [-0.2, -0.15) is 0 Å². The molecule has 0 heterocycles. The van der Waals surface area contributed by atoms with E-state index in [1.54, 1.807) is 85.1 Å². The van der Waals surface area contributed by atoms with E-state index in [2.05, 4.69) is 0 Å². The second-order valence-electron chi connectivity index (χ2n) is 24.6. The molecule has 670 valence electrons. The summed E-state index contributed by atoms with van der Waals surface area (Å²) in [7, 11) is 9.52. The van der Waals surface area contributed by atoms with Gasteiger partial charge in [-0.3, -0.25) is 38.7 Å². The first-order chi connectivity index (χ1) is 56.6. The quantitative estimate of drug-likeness (QED) is 0.0466. The van der Waals surface area contributed by atoms with E-state index in [-0.39, 0.29) is 231 Å². The molecule has 117 heavy (non-hydrogen) atoms. The number of benzene rings is 3. The number of carbonyl (C=O) groups is 5. The number of hydrogen-bond acceptors (Lipinski definition) is 35. The fraction of sp³-hybridized carbons (Fsp3) is 0.701. The summed E-state index contributed by atoms with van der Waals surface area (Å²) < 4.78 is 156. The Balaban J connectivity index is 0.0000464. The number of esters is 1. The topological polar surface area (TPSA) is 425 Å². The van der Waals surface area contributed by atoms with E-state index < -0.39 is 69.2 Å². The summed E-state index contributed by atoms with van der Waals surface area (Å²) in [6.07, 6.45) is 0. The molecule has 0 unspecified atom stereocenters. The maximum Gasteiger partial charge on any atom is 2.00 e. The minimum absolute atomic E-state index is 0. The van der Waals surface area contributed by atoms with Crippen LogP contribution in [-0.2, 0) is 134 Å². The second kappa shape index (κ2) is 73.8. The van der Waals surface area contributed by atoms with Crippen molar-refractivity contribution in [2.75, 3.05) is 339 Å². The molecule has 4 N–H and O–H groups in total. The maximum absolute atomic E-state index is 13.9. The molecule has 0 saturated heterocycles. The molecule has 0 spiro atoms. The van der Waals surface area contributed by atoms with E-state index in [0.717, 1.165) is 4.90 Å². The van der Waals surface area contributed by atoms with Gasteiger partial charge in [0.05, 0.1) is 231 Å². The van der Waals surface area contributed by atoms with Crippen LogP contribution in [0.1, 0.15) is 16.7 Å². The van der Waals surface area contributed by atoms with Crippen LogP contribution in [0.25, 0.3) is 0 Å². The van der Waals surface area contributed by atoms with Crippen LogP contribution in [0, 0.1) is 39.9 Å². The van der Waals surface area contributed by atoms with Crippen LogP contribution in [0.3, 0.4) is 0 Å². The van der Waals surface area contributed by atoms with Crippen LogP contribution >= 0.6 is 0 Å². The Kier molecular flexibility index (Phi) is 67.5. The Morgan fingerprint density at radius 1 is 0.248 bits per heavy atom. The summed E-state index contributed by atoms with van der Waals surface area (Å²) in [4.78, 5) is 64.9. The van der Waals surface area contributed by atoms with Crippen molar-refractivity contribution in [3.8, 4) is 46.0 Å². The molecule has 0 atom stereocenters. The number of methoxy groups -OCH3 is 6. The molecule has 3 aromatic carbocycles. The molecule has 0 aliphatic rings. The smallest absolute Gasteiger partial charge is 0.489 e. The first-order valence-corrected chi connectivity index (χ1v) is 38.2. The molecule has 39 nitrogen and oxygen atoms in total. The Morgan fingerprint density at radius 3 is 0.718 bits per heavy atom. The van der Waals surface area contributed by atoms with Crippen LogP contribution in [0.15, 0.2) is 42.5 Å². The third-order valence-electron chi connectivity index (χ3n) is 15.3. The van der Waals surface area contributed by atoms with Gasteiger partial charge in [0.25, 0.3) is 0 Å². The van der Waals surface area contributed by atoms with Crippen LogP contribution in [0.5, 0.6) is 46.0 Å². The van der Waals surface area contributed by atoms with Gasteiger partial charge in [-0.05, 0) is 53.1 Å². The number of carbonyl (C=O) groups excluding carboxylic acids is 1. The largest absolute Gasteiger partial charge is 2.00 e. The number of ether oxygens (including phenoxy) is 27. The molecule has 0 saturated carbocycles. The molecule has 0 aliphatic heterocycles. The van der Waals surface area contributed by atoms with Crippen LogP contribution in [-0.4, -0.2) is 404 Å². The van der Waals surface area contributed by atoms with E-state index in [0.29, 0.717) is 149 Å². The first kappa shape index (κ1) is 107.